The summed E-state index contributed by atoms with van der Waals surface area (Å²) < 4.78 is 10.9. The maximum Gasteiger partial charge on any atom is 0.251 e. The van der Waals surface area contributed by atoms with Gasteiger partial charge >= 0.3 is 0 Å². The monoisotopic (exact) mass is 437 g/mol. The zero-order chi connectivity index (χ0) is 22.8. The molecular formula is C24H31N5O3. The Morgan fingerprint density at radius 3 is 2.78 bits per heavy atom. The number of ether oxygens (including phenoxy) is 2. The number of hydrogen-bond acceptors (Lipinski definition) is 7. The van der Waals surface area contributed by atoms with E-state index in [-0.39, 0.29) is 18.1 Å². The molecule has 1 aliphatic rings. The molecule has 0 aliphatic heterocycles. The highest BCUT2D eigenvalue weighted by Gasteiger charge is 2.19. The van der Waals surface area contributed by atoms with Crippen LogP contribution in [0.1, 0.15) is 23.2 Å². The van der Waals surface area contributed by atoms with Crippen LogP contribution >= 0.6 is 0 Å². The molecule has 0 saturated heterocycles. The molecule has 0 fully saturated rings. The van der Waals surface area contributed by atoms with E-state index in [0.717, 1.165) is 24.1 Å². The van der Waals surface area contributed by atoms with Gasteiger partial charge in [0.1, 0.15) is 12.2 Å². The average Bonchev–Trinajstić information content (AvgIpc) is 2.84. The van der Waals surface area contributed by atoms with Crippen LogP contribution in [0.4, 0.5) is 5.95 Å². The zero-order valence-corrected chi connectivity index (χ0v) is 18.6. The van der Waals surface area contributed by atoms with E-state index in [1.54, 1.807) is 26.5 Å². The third kappa shape index (κ3) is 6.46. The number of carbonyl (C=O) groups is 1. The smallest absolute Gasteiger partial charge is 0.251 e. The van der Waals surface area contributed by atoms with Gasteiger partial charge in [0, 0.05) is 44.6 Å². The van der Waals surface area contributed by atoms with Gasteiger partial charge < -0.3 is 25.8 Å². The summed E-state index contributed by atoms with van der Waals surface area (Å²) in [6.45, 7) is 1.78. The predicted octanol–water partition coefficient (Wildman–Crippen LogP) is 2.55. The van der Waals surface area contributed by atoms with Crippen molar-refractivity contribution in [3.8, 4) is 11.3 Å². The van der Waals surface area contributed by atoms with Crippen molar-refractivity contribution in [2.45, 2.75) is 25.0 Å². The van der Waals surface area contributed by atoms with Crippen LogP contribution in [0, 0.1) is 0 Å². The Morgan fingerprint density at radius 1 is 1.16 bits per heavy atom. The normalized spacial score (nSPS) is 17.7. The summed E-state index contributed by atoms with van der Waals surface area (Å²) in [5, 5.41) is 6.14. The van der Waals surface area contributed by atoms with Crippen LogP contribution in [0.3, 0.4) is 0 Å². The highest BCUT2D eigenvalue weighted by Crippen LogP contribution is 2.20. The molecule has 170 valence electrons. The second-order valence-corrected chi connectivity index (χ2v) is 7.42. The van der Waals surface area contributed by atoms with Crippen molar-refractivity contribution >= 4 is 11.9 Å². The standard InChI is InChI=1S/C24H31N5O3/c1-31-21-8-7-17(15-22(21)32-2)9-13-27-24-28-14-10-20(29-24)18-5-3-6-19(16-18)23(30)26-12-4-11-25/h3,5-8,10,14-16,21-22H,4,9,11-13,25H2,1-2H3,(H,26,30)(H,27,28,29). The number of methoxy groups -OCH3 is 2. The Bertz CT molecular complexity index is 960. The van der Waals surface area contributed by atoms with Crippen molar-refractivity contribution in [1.82, 2.24) is 15.3 Å². The highest BCUT2D eigenvalue weighted by molar-refractivity contribution is 5.95. The van der Waals surface area contributed by atoms with Gasteiger partial charge in [-0.05, 0) is 49.2 Å². The third-order valence-electron chi connectivity index (χ3n) is 5.19. The lowest BCUT2D eigenvalue weighted by atomic mass is 10.00. The molecule has 4 N–H and O–H groups in total. The van der Waals surface area contributed by atoms with Gasteiger partial charge in [-0.15, -0.1) is 0 Å². The number of carbonyl (C=O) groups excluding carboxylic acids is 1. The van der Waals surface area contributed by atoms with E-state index in [1.165, 1.54) is 5.57 Å². The fourth-order valence-corrected chi connectivity index (χ4v) is 3.42. The maximum atomic E-state index is 12.3. The number of anilines is 1. The lowest BCUT2D eigenvalue weighted by molar-refractivity contribution is 0.0133. The number of hydrogen-bond donors (Lipinski definition) is 3. The largest absolute Gasteiger partial charge is 0.374 e. The minimum atomic E-state index is -0.119. The van der Waals surface area contributed by atoms with E-state index in [9.17, 15) is 4.79 Å². The van der Waals surface area contributed by atoms with Crippen LogP contribution in [-0.2, 0) is 9.47 Å². The van der Waals surface area contributed by atoms with Crippen molar-refractivity contribution < 1.29 is 14.3 Å². The van der Waals surface area contributed by atoms with Crippen LogP contribution in [0.15, 0.2) is 60.3 Å². The quantitative estimate of drug-likeness (QED) is 0.463. The number of nitrogens with one attached hydrogen (secondary N) is 2. The molecule has 2 unspecified atom stereocenters. The van der Waals surface area contributed by atoms with Gasteiger partial charge in [0.15, 0.2) is 0 Å². The van der Waals surface area contributed by atoms with Crippen LogP contribution < -0.4 is 16.4 Å². The summed E-state index contributed by atoms with van der Waals surface area (Å²) >= 11 is 0. The van der Waals surface area contributed by atoms with E-state index >= 15 is 0 Å². The molecule has 1 aromatic heterocycles. The van der Waals surface area contributed by atoms with E-state index in [2.05, 4.69) is 32.8 Å². The molecule has 0 radical (unpaired) electrons. The molecule has 1 amide bonds. The van der Waals surface area contributed by atoms with Gasteiger partial charge in [0.05, 0.1) is 5.69 Å². The minimum absolute atomic E-state index is 0.0600. The van der Waals surface area contributed by atoms with Gasteiger partial charge in [0.2, 0.25) is 5.95 Å². The number of benzene rings is 1. The molecule has 2 aromatic rings. The van der Waals surface area contributed by atoms with Crippen LogP contribution in [-0.4, -0.2) is 61.9 Å². The molecule has 8 nitrogen and oxygen atoms in total. The molecule has 2 atom stereocenters. The highest BCUT2D eigenvalue weighted by atomic mass is 16.5. The van der Waals surface area contributed by atoms with E-state index in [1.807, 2.05) is 30.3 Å². The Hall–Kier alpha value is -3.07. The summed E-state index contributed by atoms with van der Waals surface area (Å²) in [7, 11) is 3.36. The Balaban J connectivity index is 1.60. The van der Waals surface area contributed by atoms with Crippen molar-refractivity contribution in [3.63, 3.8) is 0 Å². The van der Waals surface area contributed by atoms with Gasteiger partial charge in [-0.25, -0.2) is 9.97 Å². The number of rotatable bonds is 11. The fourth-order valence-electron chi connectivity index (χ4n) is 3.42. The summed E-state index contributed by atoms with van der Waals surface area (Å²) in [5.74, 6) is 0.422. The molecule has 0 spiro atoms. The van der Waals surface area contributed by atoms with Crippen LogP contribution in [0.25, 0.3) is 11.3 Å². The molecule has 8 heteroatoms. The second-order valence-electron chi connectivity index (χ2n) is 7.42. The number of nitrogens with zero attached hydrogens (tertiary/aromatic N) is 2. The first-order valence-electron chi connectivity index (χ1n) is 10.7. The number of aromatic nitrogens is 2. The maximum absolute atomic E-state index is 12.3. The number of nitrogens with two attached hydrogens (primary N) is 1. The van der Waals surface area contributed by atoms with Gasteiger partial charge in [-0.1, -0.05) is 24.3 Å². The first kappa shape index (κ1) is 23.6. The van der Waals surface area contributed by atoms with Gasteiger partial charge in [0.25, 0.3) is 5.91 Å². The predicted molar refractivity (Wildman–Crippen MR) is 125 cm³/mol. The lowest BCUT2D eigenvalue weighted by Gasteiger charge is -2.23. The molecule has 0 bridgehead atoms. The zero-order valence-electron chi connectivity index (χ0n) is 18.6. The Morgan fingerprint density at radius 2 is 2.00 bits per heavy atom. The van der Waals surface area contributed by atoms with Crippen molar-refractivity contribution in [1.29, 1.82) is 0 Å². The Labute approximate surface area is 188 Å². The molecule has 1 aliphatic carbocycles. The lowest BCUT2D eigenvalue weighted by Crippen LogP contribution is -2.28. The topological polar surface area (TPSA) is 111 Å². The van der Waals surface area contributed by atoms with E-state index < -0.39 is 0 Å². The second kappa shape index (κ2) is 12.1. The van der Waals surface area contributed by atoms with Crippen molar-refractivity contribution in [2.24, 2.45) is 5.73 Å². The third-order valence-corrected chi connectivity index (χ3v) is 5.19. The summed E-state index contributed by atoms with van der Waals surface area (Å²) in [6.07, 6.45) is 9.28. The molecule has 1 heterocycles. The van der Waals surface area contributed by atoms with Crippen molar-refractivity contribution in [2.75, 3.05) is 39.2 Å². The molecule has 1 aromatic carbocycles. The minimum Gasteiger partial charge on any atom is -0.374 e. The Kier molecular flexibility index (Phi) is 8.91. The number of amides is 1. The van der Waals surface area contributed by atoms with E-state index in [4.69, 9.17) is 15.2 Å². The number of allylic oxidation sites excluding steroid dienone is 1. The molecule has 3 rings (SSSR count). The van der Waals surface area contributed by atoms with E-state index in [0.29, 0.717) is 31.1 Å². The van der Waals surface area contributed by atoms with Crippen molar-refractivity contribution in [3.05, 3.63) is 65.9 Å². The molecule has 32 heavy (non-hydrogen) atoms. The first-order chi connectivity index (χ1) is 15.6. The van der Waals surface area contributed by atoms with Crippen LogP contribution in [0.2, 0.25) is 0 Å². The first-order valence-corrected chi connectivity index (χ1v) is 10.7. The summed E-state index contributed by atoms with van der Waals surface area (Å²) in [5.41, 5.74) is 8.84. The molecule has 0 saturated carbocycles. The van der Waals surface area contributed by atoms with Gasteiger partial charge in [-0.3, -0.25) is 4.79 Å². The molecular weight excluding hydrogens is 406 g/mol. The summed E-state index contributed by atoms with van der Waals surface area (Å²) in [4.78, 5) is 21.2. The average molecular weight is 438 g/mol. The van der Waals surface area contributed by atoms with Gasteiger partial charge in [-0.2, -0.15) is 0 Å². The van der Waals surface area contributed by atoms with Crippen LogP contribution in [0.5, 0.6) is 0 Å². The fraction of sp³-hybridized carbons (Fsp3) is 0.375. The summed E-state index contributed by atoms with van der Waals surface area (Å²) in [6, 6.07) is 9.23. The SMILES string of the molecule is COC1C=CC(CCNc2nccc(-c3cccc(C(=O)NCCCN)c3)n2)=CC1OC.